The highest BCUT2D eigenvalue weighted by atomic mass is 32.2. The average Bonchev–Trinajstić information content (AvgIpc) is 2.96. The number of nitrogens with zero attached hydrogens (tertiary/aromatic N) is 1. The van der Waals surface area contributed by atoms with Crippen molar-refractivity contribution in [3.8, 4) is 11.5 Å². The zero-order valence-corrected chi connectivity index (χ0v) is 15.4. The Morgan fingerprint density at radius 1 is 1.20 bits per heavy atom. The van der Waals surface area contributed by atoms with Crippen LogP contribution in [0.25, 0.3) is 0 Å². The van der Waals surface area contributed by atoms with E-state index in [1.165, 1.54) is 0 Å². The predicted molar refractivity (Wildman–Crippen MR) is 95.7 cm³/mol. The Morgan fingerprint density at radius 2 is 1.96 bits per heavy atom. The van der Waals surface area contributed by atoms with Crippen LogP contribution in [0.5, 0.6) is 11.5 Å². The topological polar surface area (TPSA) is 77.5 Å². The molecule has 25 heavy (non-hydrogen) atoms. The number of sulfonamides is 1. The van der Waals surface area contributed by atoms with Crippen LogP contribution in [-0.4, -0.2) is 25.8 Å². The summed E-state index contributed by atoms with van der Waals surface area (Å²) in [5.74, 6) is 1.98. The molecule has 3 rings (SSSR count). The van der Waals surface area contributed by atoms with Gasteiger partial charge >= 0.3 is 0 Å². The van der Waals surface area contributed by atoms with Gasteiger partial charge in [-0.2, -0.15) is 0 Å². The van der Waals surface area contributed by atoms with Crippen LogP contribution in [0, 0.1) is 0 Å². The second-order valence-electron chi connectivity index (χ2n) is 6.30. The summed E-state index contributed by atoms with van der Waals surface area (Å²) in [7, 11) is -1.73. The molecule has 0 saturated heterocycles. The molecule has 0 spiro atoms. The number of allylic oxidation sites excluding steroid dienone is 5. The first-order valence-corrected chi connectivity index (χ1v) is 9.75. The van der Waals surface area contributed by atoms with Crippen molar-refractivity contribution in [2.24, 2.45) is 0 Å². The van der Waals surface area contributed by atoms with E-state index in [-0.39, 0.29) is 0 Å². The molecular formula is C18H22N2O4S. The van der Waals surface area contributed by atoms with Gasteiger partial charge in [0.15, 0.2) is 0 Å². The number of rotatable bonds is 6. The quantitative estimate of drug-likeness (QED) is 0.841. The van der Waals surface area contributed by atoms with E-state index >= 15 is 0 Å². The standard InChI is InChI=1S/C18H22N2O4S/c1-12(2)25(21,22)20-18-7-4-13-8-14(5-6-17(13)18)24-16-9-15(23-3)10-19-11-16/h5,8-12,20H,4,6-7H2,1-3H3. The van der Waals surface area contributed by atoms with Crippen molar-refractivity contribution in [1.82, 2.24) is 9.71 Å². The van der Waals surface area contributed by atoms with E-state index in [9.17, 15) is 8.42 Å². The molecule has 1 N–H and O–H groups in total. The molecule has 0 atom stereocenters. The van der Waals surface area contributed by atoms with Gasteiger partial charge < -0.3 is 9.47 Å². The second-order valence-corrected chi connectivity index (χ2v) is 8.53. The molecular weight excluding hydrogens is 340 g/mol. The van der Waals surface area contributed by atoms with Gasteiger partial charge in [0, 0.05) is 11.8 Å². The molecule has 0 saturated carbocycles. The number of fused-ring (bicyclic) bond motifs is 1. The van der Waals surface area contributed by atoms with E-state index in [2.05, 4.69) is 9.71 Å². The number of ether oxygens (including phenoxy) is 2. The van der Waals surface area contributed by atoms with Crippen molar-refractivity contribution >= 4 is 10.0 Å². The number of hydrogen-bond acceptors (Lipinski definition) is 5. The third kappa shape index (κ3) is 3.87. The Morgan fingerprint density at radius 3 is 2.68 bits per heavy atom. The van der Waals surface area contributed by atoms with Crippen LogP contribution in [0.15, 0.2) is 53.2 Å². The van der Waals surface area contributed by atoms with Crippen molar-refractivity contribution in [2.45, 2.75) is 38.4 Å². The third-order valence-corrected chi connectivity index (χ3v) is 6.04. The van der Waals surface area contributed by atoms with Crippen molar-refractivity contribution < 1.29 is 17.9 Å². The zero-order chi connectivity index (χ0) is 18.0. The summed E-state index contributed by atoms with van der Waals surface area (Å²) >= 11 is 0. The Bertz CT molecular complexity index is 867. The Kier molecular flexibility index (Phi) is 4.85. The molecule has 6 nitrogen and oxygen atoms in total. The van der Waals surface area contributed by atoms with Crippen LogP contribution in [0.4, 0.5) is 0 Å². The Hall–Kier alpha value is -2.28. The molecule has 2 aliphatic carbocycles. The Balaban J connectivity index is 1.76. The molecule has 1 aromatic heterocycles. The first-order valence-electron chi connectivity index (χ1n) is 8.20. The van der Waals surface area contributed by atoms with Crippen LogP contribution >= 0.6 is 0 Å². The summed E-state index contributed by atoms with van der Waals surface area (Å²) in [6.07, 6.45) is 9.32. The van der Waals surface area contributed by atoms with Gasteiger partial charge in [-0.1, -0.05) is 0 Å². The molecule has 1 heterocycles. The van der Waals surface area contributed by atoms with Crippen LogP contribution in [0.1, 0.15) is 33.1 Å². The van der Waals surface area contributed by atoms with Gasteiger partial charge in [0.1, 0.15) is 17.3 Å². The average molecular weight is 362 g/mol. The van der Waals surface area contributed by atoms with E-state index < -0.39 is 15.3 Å². The molecule has 134 valence electrons. The maximum Gasteiger partial charge on any atom is 0.234 e. The molecule has 2 aliphatic rings. The minimum Gasteiger partial charge on any atom is -0.495 e. The normalized spacial score (nSPS) is 17.1. The molecule has 0 aromatic carbocycles. The molecule has 0 fully saturated rings. The van der Waals surface area contributed by atoms with Crippen molar-refractivity contribution in [3.05, 3.63) is 53.2 Å². The fourth-order valence-electron chi connectivity index (χ4n) is 2.78. The van der Waals surface area contributed by atoms with Gasteiger partial charge in [-0.05, 0) is 56.4 Å². The highest BCUT2D eigenvalue weighted by Crippen LogP contribution is 2.37. The number of methoxy groups -OCH3 is 1. The molecule has 0 radical (unpaired) electrons. The van der Waals surface area contributed by atoms with E-state index in [0.29, 0.717) is 24.3 Å². The lowest BCUT2D eigenvalue weighted by Crippen LogP contribution is -2.30. The van der Waals surface area contributed by atoms with Gasteiger partial charge in [0.25, 0.3) is 0 Å². The lowest BCUT2D eigenvalue weighted by molar-refractivity contribution is 0.400. The molecule has 0 aliphatic heterocycles. The number of pyridine rings is 1. The fraction of sp³-hybridized carbons (Fsp3) is 0.389. The third-order valence-electron chi connectivity index (χ3n) is 4.27. The highest BCUT2D eigenvalue weighted by molar-refractivity contribution is 7.90. The lowest BCUT2D eigenvalue weighted by Gasteiger charge is -2.16. The van der Waals surface area contributed by atoms with Crippen molar-refractivity contribution in [1.29, 1.82) is 0 Å². The summed E-state index contributed by atoms with van der Waals surface area (Å²) < 4.78 is 38.0. The van der Waals surface area contributed by atoms with Crippen LogP contribution in [-0.2, 0) is 10.0 Å². The minimum absolute atomic E-state index is 0.452. The van der Waals surface area contributed by atoms with Crippen molar-refractivity contribution in [2.75, 3.05) is 7.11 Å². The molecule has 0 bridgehead atoms. The van der Waals surface area contributed by atoms with Crippen molar-refractivity contribution in [3.63, 3.8) is 0 Å². The first-order chi connectivity index (χ1) is 11.9. The summed E-state index contributed by atoms with van der Waals surface area (Å²) in [5.41, 5.74) is 2.98. The van der Waals surface area contributed by atoms with Gasteiger partial charge in [-0.15, -0.1) is 0 Å². The highest BCUT2D eigenvalue weighted by Gasteiger charge is 2.26. The summed E-state index contributed by atoms with van der Waals surface area (Å²) in [6, 6.07) is 1.77. The maximum absolute atomic E-state index is 12.1. The van der Waals surface area contributed by atoms with Crippen LogP contribution < -0.4 is 14.2 Å². The van der Waals surface area contributed by atoms with Gasteiger partial charge in [-0.25, -0.2) is 8.42 Å². The summed E-state index contributed by atoms with van der Waals surface area (Å²) in [6.45, 7) is 3.35. The summed E-state index contributed by atoms with van der Waals surface area (Å²) in [4.78, 5) is 4.07. The summed E-state index contributed by atoms with van der Waals surface area (Å²) in [5, 5.41) is -0.452. The van der Waals surface area contributed by atoms with Gasteiger partial charge in [0.05, 0.1) is 24.8 Å². The van der Waals surface area contributed by atoms with Gasteiger partial charge in [-0.3, -0.25) is 9.71 Å². The van der Waals surface area contributed by atoms with E-state index in [0.717, 1.165) is 29.0 Å². The predicted octanol–water partition coefficient (Wildman–Crippen LogP) is 3.06. The van der Waals surface area contributed by atoms with E-state index in [1.807, 2.05) is 12.2 Å². The smallest absolute Gasteiger partial charge is 0.234 e. The molecule has 0 amide bonds. The van der Waals surface area contributed by atoms with Crippen LogP contribution in [0.3, 0.4) is 0 Å². The second kappa shape index (κ2) is 6.92. The number of hydrogen-bond donors (Lipinski definition) is 1. The lowest BCUT2D eigenvalue weighted by atomic mass is 10.00. The molecule has 0 unspecified atom stereocenters. The minimum atomic E-state index is -3.31. The largest absolute Gasteiger partial charge is 0.495 e. The zero-order valence-electron chi connectivity index (χ0n) is 14.6. The maximum atomic E-state index is 12.1. The van der Waals surface area contributed by atoms with Crippen LogP contribution in [0.2, 0.25) is 0 Å². The van der Waals surface area contributed by atoms with Gasteiger partial charge in [0.2, 0.25) is 10.0 Å². The number of nitrogens with one attached hydrogen (secondary N) is 1. The number of aromatic nitrogens is 1. The molecule has 7 heteroatoms. The van der Waals surface area contributed by atoms with E-state index in [1.54, 1.807) is 39.4 Å². The first kappa shape index (κ1) is 17.5. The Labute approximate surface area is 148 Å². The fourth-order valence-corrected chi connectivity index (χ4v) is 3.58. The SMILES string of the molecule is COc1cncc(OC2=CCC3=C(NS(=O)(=O)C(C)C)CCC3=C2)c1. The molecule has 1 aromatic rings. The van der Waals surface area contributed by atoms with E-state index in [4.69, 9.17) is 9.47 Å². The monoisotopic (exact) mass is 362 g/mol.